The highest BCUT2D eigenvalue weighted by Crippen LogP contribution is 2.24. The topological polar surface area (TPSA) is 143 Å². The lowest BCUT2D eigenvalue weighted by Gasteiger charge is -2.35. The first-order valence-corrected chi connectivity index (χ1v) is 16.3. The first-order chi connectivity index (χ1) is 22.6. The number of hydrogen-bond donors (Lipinski definition) is 3. The van der Waals surface area contributed by atoms with E-state index in [4.69, 9.17) is 9.47 Å². The molecule has 2 aromatic rings. The summed E-state index contributed by atoms with van der Waals surface area (Å²) in [5.41, 5.74) is 3.15. The van der Waals surface area contributed by atoms with Crippen molar-refractivity contribution in [3.63, 3.8) is 0 Å². The van der Waals surface area contributed by atoms with Crippen LogP contribution in [-0.2, 0) is 27.2 Å². The average molecular weight is 655 g/mol. The summed E-state index contributed by atoms with van der Waals surface area (Å²) in [4.78, 5) is 42.2. The molecule has 258 valence electrons. The zero-order valence-electron chi connectivity index (χ0n) is 27.7. The lowest BCUT2D eigenvalue weighted by atomic mass is 10.0. The van der Waals surface area contributed by atoms with Gasteiger partial charge in [0.25, 0.3) is 0 Å². The van der Waals surface area contributed by atoms with E-state index in [0.29, 0.717) is 39.4 Å². The molecule has 0 bridgehead atoms. The monoisotopic (exact) mass is 654 g/mol. The van der Waals surface area contributed by atoms with Gasteiger partial charge in [0.2, 0.25) is 0 Å². The standard InChI is InChI=1S/C35H50N4O8/c1-4-7-16-47-32-19-27(5-2)10-13-29(32)9-8-17-46-31-14-11-28(12-15-31)18-30-20-36(6-3)24-37(21-33(40)41)25-38(22-34(42)43)26-39(30)23-35(44)45/h5,10-15,19,30H,2,4,6-9,16-18,20-26H2,1,3H3,(H,40,41)(H,42,43)(H,44,45). The molecule has 1 heterocycles. The molecule has 2 aromatic carbocycles. The normalized spacial score (nSPS) is 16.9. The Hall–Kier alpha value is -3.97. The summed E-state index contributed by atoms with van der Waals surface area (Å²) in [7, 11) is 0. The van der Waals surface area contributed by atoms with E-state index in [0.717, 1.165) is 53.9 Å². The molecule has 1 unspecified atom stereocenters. The van der Waals surface area contributed by atoms with E-state index in [1.54, 1.807) is 14.7 Å². The van der Waals surface area contributed by atoms with Crippen LogP contribution in [0, 0.1) is 0 Å². The second-order valence-electron chi connectivity index (χ2n) is 11.9. The third-order valence-corrected chi connectivity index (χ3v) is 8.01. The zero-order chi connectivity index (χ0) is 34.2. The third kappa shape index (κ3) is 13.3. The maximum Gasteiger partial charge on any atom is 0.317 e. The molecule has 0 spiro atoms. The fourth-order valence-electron chi connectivity index (χ4n) is 5.67. The van der Waals surface area contributed by atoms with Gasteiger partial charge in [-0.05, 0) is 67.1 Å². The molecule has 12 nitrogen and oxygen atoms in total. The molecule has 12 heteroatoms. The van der Waals surface area contributed by atoms with E-state index < -0.39 is 17.9 Å². The number of hydrogen-bond acceptors (Lipinski definition) is 9. The molecule has 0 saturated carbocycles. The van der Waals surface area contributed by atoms with Crippen molar-refractivity contribution in [3.8, 4) is 11.5 Å². The number of ether oxygens (including phenoxy) is 2. The first kappa shape index (κ1) is 37.5. The van der Waals surface area contributed by atoms with E-state index in [1.165, 1.54) is 0 Å². The highest BCUT2D eigenvalue weighted by atomic mass is 16.5. The maximum absolute atomic E-state index is 11.9. The van der Waals surface area contributed by atoms with Gasteiger partial charge in [0.1, 0.15) is 11.5 Å². The van der Waals surface area contributed by atoms with Crippen LogP contribution in [0.15, 0.2) is 49.0 Å². The first-order valence-electron chi connectivity index (χ1n) is 16.3. The number of carboxylic acid groups (broad SMARTS) is 3. The number of unbranched alkanes of at least 4 members (excludes halogenated alkanes) is 1. The van der Waals surface area contributed by atoms with Gasteiger partial charge in [-0.1, -0.05) is 57.2 Å². The van der Waals surface area contributed by atoms with Crippen LogP contribution in [0.2, 0.25) is 0 Å². The van der Waals surface area contributed by atoms with Crippen LogP contribution in [-0.4, -0.2) is 125 Å². The predicted octanol–water partition coefficient (Wildman–Crippen LogP) is 3.80. The number of benzene rings is 2. The molecule has 0 aliphatic carbocycles. The molecule has 1 saturated heterocycles. The highest BCUT2D eigenvalue weighted by molar-refractivity contribution is 5.70. The van der Waals surface area contributed by atoms with Crippen LogP contribution in [0.5, 0.6) is 11.5 Å². The van der Waals surface area contributed by atoms with E-state index in [2.05, 4.69) is 24.5 Å². The Morgan fingerprint density at radius 3 is 2.09 bits per heavy atom. The van der Waals surface area contributed by atoms with Gasteiger partial charge < -0.3 is 24.8 Å². The van der Waals surface area contributed by atoms with Gasteiger partial charge in [-0.25, -0.2) is 0 Å². The molecule has 3 rings (SSSR count). The van der Waals surface area contributed by atoms with Crippen molar-refractivity contribution < 1.29 is 39.2 Å². The van der Waals surface area contributed by atoms with Gasteiger partial charge in [0, 0.05) is 12.6 Å². The summed E-state index contributed by atoms with van der Waals surface area (Å²) in [6, 6.07) is 13.7. The minimum Gasteiger partial charge on any atom is -0.494 e. The Kier molecular flexibility index (Phi) is 15.7. The molecule has 1 atom stereocenters. The lowest BCUT2D eigenvalue weighted by Crippen LogP contribution is -2.51. The van der Waals surface area contributed by atoms with Crippen molar-refractivity contribution in [2.75, 3.05) is 65.9 Å². The van der Waals surface area contributed by atoms with Crippen LogP contribution in [0.3, 0.4) is 0 Å². The molecule has 1 aliphatic heterocycles. The van der Waals surface area contributed by atoms with Crippen LogP contribution >= 0.6 is 0 Å². The number of nitrogens with zero attached hydrogens (tertiary/aromatic N) is 4. The van der Waals surface area contributed by atoms with E-state index in [9.17, 15) is 29.7 Å². The molecular weight excluding hydrogens is 604 g/mol. The summed E-state index contributed by atoms with van der Waals surface area (Å²) < 4.78 is 12.1. The SMILES string of the molecule is C=Cc1ccc(CCCOc2ccc(CC3CN(CC)CN(CC(=O)O)CN(CC(=O)O)CN3CC(=O)O)cc2)c(OCCCC)c1. The van der Waals surface area contributed by atoms with Gasteiger partial charge in [0.15, 0.2) is 0 Å². The molecule has 0 aromatic heterocycles. The minimum atomic E-state index is -1.07. The molecule has 1 aliphatic rings. The Bertz CT molecular complexity index is 1300. The average Bonchev–Trinajstić information content (AvgIpc) is 3.07. The van der Waals surface area contributed by atoms with Gasteiger partial charge in [0.05, 0.1) is 52.9 Å². The second kappa shape index (κ2) is 19.6. The number of carbonyl (C=O) groups is 3. The highest BCUT2D eigenvalue weighted by Gasteiger charge is 2.30. The quantitative estimate of drug-likeness (QED) is 0.190. The van der Waals surface area contributed by atoms with Crippen LogP contribution < -0.4 is 9.47 Å². The van der Waals surface area contributed by atoms with Crippen molar-refractivity contribution in [2.24, 2.45) is 0 Å². The van der Waals surface area contributed by atoms with Gasteiger partial charge in [-0.15, -0.1) is 0 Å². The van der Waals surface area contributed by atoms with Crippen molar-refractivity contribution in [1.82, 2.24) is 19.6 Å². The van der Waals surface area contributed by atoms with E-state index in [1.807, 2.05) is 49.4 Å². The number of carboxylic acids is 3. The molecule has 1 fully saturated rings. The van der Waals surface area contributed by atoms with Crippen molar-refractivity contribution in [2.45, 2.75) is 52.0 Å². The van der Waals surface area contributed by atoms with Crippen molar-refractivity contribution >= 4 is 24.0 Å². The summed E-state index contributed by atoms with van der Waals surface area (Å²) in [5.74, 6) is -1.47. The molecule has 0 amide bonds. The second-order valence-corrected chi connectivity index (χ2v) is 11.9. The lowest BCUT2D eigenvalue weighted by molar-refractivity contribution is -0.141. The van der Waals surface area contributed by atoms with Crippen LogP contribution in [0.4, 0.5) is 0 Å². The minimum absolute atomic E-state index is 0.0693. The van der Waals surface area contributed by atoms with Crippen LogP contribution in [0.1, 0.15) is 49.8 Å². The predicted molar refractivity (Wildman–Crippen MR) is 180 cm³/mol. The summed E-state index contributed by atoms with van der Waals surface area (Å²) >= 11 is 0. The van der Waals surface area contributed by atoms with E-state index in [-0.39, 0.29) is 39.0 Å². The fraction of sp³-hybridized carbons (Fsp3) is 0.514. The van der Waals surface area contributed by atoms with Gasteiger partial charge >= 0.3 is 17.9 Å². The summed E-state index contributed by atoms with van der Waals surface area (Å²) in [5, 5.41) is 28.7. The molecular formula is C35H50N4O8. The maximum atomic E-state index is 11.9. The third-order valence-electron chi connectivity index (χ3n) is 8.01. The Morgan fingerprint density at radius 2 is 1.47 bits per heavy atom. The zero-order valence-corrected chi connectivity index (χ0v) is 27.7. The Morgan fingerprint density at radius 1 is 0.830 bits per heavy atom. The smallest absolute Gasteiger partial charge is 0.317 e. The van der Waals surface area contributed by atoms with Gasteiger partial charge in [-0.2, -0.15) is 0 Å². The van der Waals surface area contributed by atoms with E-state index >= 15 is 0 Å². The fourth-order valence-corrected chi connectivity index (χ4v) is 5.67. The largest absolute Gasteiger partial charge is 0.494 e. The molecule has 3 N–H and O–H groups in total. The number of rotatable bonds is 19. The van der Waals surface area contributed by atoms with Crippen molar-refractivity contribution in [3.05, 3.63) is 65.7 Å². The summed E-state index contributed by atoms with van der Waals surface area (Å²) in [6.45, 7) is 9.86. The van der Waals surface area contributed by atoms with Crippen molar-refractivity contribution in [1.29, 1.82) is 0 Å². The molecule has 0 radical (unpaired) electrons. The Balaban J connectivity index is 1.67. The molecule has 47 heavy (non-hydrogen) atoms. The van der Waals surface area contributed by atoms with Gasteiger partial charge in [-0.3, -0.25) is 34.0 Å². The summed E-state index contributed by atoms with van der Waals surface area (Å²) in [6.07, 6.45) is 6.03. The number of aryl methyl sites for hydroxylation is 1. The van der Waals surface area contributed by atoms with Crippen LogP contribution in [0.25, 0.3) is 6.08 Å². The number of likely N-dealkylation sites (N-methyl/N-ethyl adjacent to an activating group) is 1. The Labute approximate surface area is 277 Å². The number of aliphatic carboxylic acids is 3.